The van der Waals surface area contributed by atoms with Gasteiger partial charge < -0.3 is 5.11 Å². The highest BCUT2D eigenvalue weighted by Gasteiger charge is 2.41. The molecule has 78 valence electrons. The van der Waals surface area contributed by atoms with E-state index < -0.39 is 10.9 Å². The molecule has 1 nitrogen and oxygen atoms in total. The van der Waals surface area contributed by atoms with Crippen LogP contribution in [-0.4, -0.2) is 16.0 Å². The summed E-state index contributed by atoms with van der Waals surface area (Å²) in [4.78, 5) is -3.13. The SMILES string of the molecule is CC1CCCC(C(O)C(F)(F)Br)C1. The van der Waals surface area contributed by atoms with Crippen molar-refractivity contribution in [1.29, 1.82) is 0 Å². The van der Waals surface area contributed by atoms with E-state index in [2.05, 4.69) is 15.9 Å². The second kappa shape index (κ2) is 4.22. The van der Waals surface area contributed by atoms with Crippen LogP contribution in [0.2, 0.25) is 0 Å². The molecule has 0 aromatic rings. The molecule has 0 aromatic heterocycles. The molecule has 0 bridgehead atoms. The maximum Gasteiger partial charge on any atom is 0.326 e. The molecular formula is C9H15BrF2O. The van der Waals surface area contributed by atoms with Crippen molar-refractivity contribution in [3.05, 3.63) is 0 Å². The Morgan fingerprint density at radius 3 is 2.54 bits per heavy atom. The molecule has 3 unspecified atom stereocenters. The topological polar surface area (TPSA) is 20.2 Å². The minimum atomic E-state index is -3.13. The number of rotatable bonds is 2. The van der Waals surface area contributed by atoms with Crippen LogP contribution in [0.15, 0.2) is 0 Å². The average Bonchev–Trinajstić information content (AvgIpc) is 2.01. The Labute approximate surface area is 85.6 Å². The monoisotopic (exact) mass is 256 g/mol. The Kier molecular flexibility index (Phi) is 3.69. The Morgan fingerprint density at radius 2 is 2.08 bits per heavy atom. The molecule has 1 N–H and O–H groups in total. The highest BCUT2D eigenvalue weighted by Crippen LogP contribution is 2.38. The third-order valence-electron chi connectivity index (χ3n) is 2.76. The number of alkyl halides is 3. The van der Waals surface area contributed by atoms with Crippen molar-refractivity contribution in [2.75, 3.05) is 0 Å². The number of aliphatic hydroxyl groups is 1. The van der Waals surface area contributed by atoms with Crippen molar-refractivity contribution in [3.63, 3.8) is 0 Å². The van der Waals surface area contributed by atoms with Gasteiger partial charge in [-0.25, -0.2) is 0 Å². The van der Waals surface area contributed by atoms with Crippen LogP contribution in [-0.2, 0) is 0 Å². The standard InChI is InChI=1S/C9H15BrF2O/c1-6-3-2-4-7(5-6)8(13)9(10,11)12/h6-8,13H,2-5H2,1H3. The lowest BCUT2D eigenvalue weighted by atomic mass is 9.79. The van der Waals surface area contributed by atoms with Gasteiger partial charge in [-0.1, -0.05) is 19.8 Å². The van der Waals surface area contributed by atoms with Gasteiger partial charge >= 0.3 is 4.83 Å². The average molecular weight is 257 g/mol. The first-order chi connectivity index (χ1) is 5.91. The predicted molar refractivity (Wildman–Crippen MR) is 51.0 cm³/mol. The van der Waals surface area contributed by atoms with E-state index in [1.807, 2.05) is 6.92 Å². The van der Waals surface area contributed by atoms with Crippen molar-refractivity contribution in [2.45, 2.75) is 43.5 Å². The van der Waals surface area contributed by atoms with Gasteiger partial charge in [-0.2, -0.15) is 8.78 Å². The van der Waals surface area contributed by atoms with E-state index in [9.17, 15) is 13.9 Å². The zero-order valence-corrected chi connectivity index (χ0v) is 9.23. The van der Waals surface area contributed by atoms with Gasteiger partial charge in [0.25, 0.3) is 0 Å². The van der Waals surface area contributed by atoms with Crippen molar-refractivity contribution >= 4 is 15.9 Å². The first kappa shape index (κ1) is 11.4. The molecule has 4 heteroatoms. The Bertz CT molecular complexity index is 169. The van der Waals surface area contributed by atoms with Gasteiger partial charge in [0.15, 0.2) is 0 Å². The zero-order chi connectivity index (χ0) is 10.1. The summed E-state index contributed by atoms with van der Waals surface area (Å²) in [5.41, 5.74) is 0. The summed E-state index contributed by atoms with van der Waals surface area (Å²) in [5.74, 6) is 0.210. The Morgan fingerprint density at radius 1 is 1.46 bits per heavy atom. The smallest absolute Gasteiger partial charge is 0.326 e. The van der Waals surface area contributed by atoms with Gasteiger partial charge in [-0.05, 0) is 40.6 Å². The molecule has 3 atom stereocenters. The molecule has 1 saturated carbocycles. The number of aliphatic hydroxyl groups excluding tert-OH is 1. The van der Waals surface area contributed by atoms with Gasteiger partial charge in [0.1, 0.15) is 6.10 Å². The fraction of sp³-hybridized carbons (Fsp3) is 1.00. The molecule has 0 spiro atoms. The lowest BCUT2D eigenvalue weighted by Crippen LogP contribution is -2.37. The van der Waals surface area contributed by atoms with Crippen molar-refractivity contribution in [1.82, 2.24) is 0 Å². The summed E-state index contributed by atoms with van der Waals surface area (Å²) in [7, 11) is 0. The summed E-state index contributed by atoms with van der Waals surface area (Å²) in [6.07, 6.45) is 1.94. The highest BCUT2D eigenvalue weighted by atomic mass is 79.9. The van der Waals surface area contributed by atoms with E-state index in [1.54, 1.807) is 0 Å². The van der Waals surface area contributed by atoms with Crippen LogP contribution in [0.3, 0.4) is 0 Å². The molecule has 0 aromatic carbocycles. The summed E-state index contributed by atoms with van der Waals surface area (Å²) in [5, 5.41) is 9.33. The van der Waals surface area contributed by atoms with E-state index in [0.717, 1.165) is 12.8 Å². The molecule has 1 fully saturated rings. The minimum Gasteiger partial charge on any atom is -0.386 e. The van der Waals surface area contributed by atoms with Crippen LogP contribution in [0.4, 0.5) is 8.78 Å². The van der Waals surface area contributed by atoms with Crippen LogP contribution >= 0.6 is 15.9 Å². The van der Waals surface area contributed by atoms with Crippen LogP contribution in [0.25, 0.3) is 0 Å². The van der Waals surface area contributed by atoms with Gasteiger partial charge in [-0.3, -0.25) is 0 Å². The first-order valence-corrected chi connectivity index (χ1v) is 5.45. The maximum absolute atomic E-state index is 12.7. The number of hydrogen-bond acceptors (Lipinski definition) is 1. The number of hydrogen-bond donors (Lipinski definition) is 1. The minimum absolute atomic E-state index is 0.252. The van der Waals surface area contributed by atoms with Crippen LogP contribution in [0, 0.1) is 11.8 Å². The summed E-state index contributed by atoms with van der Waals surface area (Å²) < 4.78 is 25.4. The van der Waals surface area contributed by atoms with Crippen LogP contribution in [0.1, 0.15) is 32.6 Å². The predicted octanol–water partition coefficient (Wildman–Crippen LogP) is 3.16. The quantitative estimate of drug-likeness (QED) is 0.753. The molecule has 0 heterocycles. The van der Waals surface area contributed by atoms with E-state index in [4.69, 9.17) is 0 Å². The van der Waals surface area contributed by atoms with Crippen LogP contribution < -0.4 is 0 Å². The molecule has 1 aliphatic carbocycles. The molecule has 0 aliphatic heterocycles. The Balaban J connectivity index is 2.51. The van der Waals surface area contributed by atoms with E-state index >= 15 is 0 Å². The van der Waals surface area contributed by atoms with E-state index in [0.29, 0.717) is 18.8 Å². The van der Waals surface area contributed by atoms with Gasteiger partial charge in [0.2, 0.25) is 0 Å². The van der Waals surface area contributed by atoms with Crippen molar-refractivity contribution in [3.8, 4) is 0 Å². The van der Waals surface area contributed by atoms with E-state index in [-0.39, 0.29) is 5.92 Å². The lowest BCUT2D eigenvalue weighted by molar-refractivity contribution is -0.0707. The summed E-state index contributed by atoms with van der Waals surface area (Å²) in [6.45, 7) is 2.05. The first-order valence-electron chi connectivity index (χ1n) is 4.66. The second-order valence-corrected chi connectivity index (χ2v) is 5.08. The van der Waals surface area contributed by atoms with E-state index in [1.165, 1.54) is 0 Å². The molecule has 1 aliphatic rings. The molecule has 13 heavy (non-hydrogen) atoms. The molecular weight excluding hydrogens is 242 g/mol. The van der Waals surface area contributed by atoms with Crippen molar-refractivity contribution < 1.29 is 13.9 Å². The fourth-order valence-corrected chi connectivity index (χ4v) is 2.41. The third kappa shape index (κ3) is 3.17. The second-order valence-electron chi connectivity index (χ2n) is 4.02. The lowest BCUT2D eigenvalue weighted by Gasteiger charge is -2.32. The Hall–Kier alpha value is 0.300. The largest absolute Gasteiger partial charge is 0.386 e. The number of halogens is 3. The molecule has 1 rings (SSSR count). The van der Waals surface area contributed by atoms with Gasteiger partial charge in [0.05, 0.1) is 0 Å². The molecule has 0 amide bonds. The highest BCUT2D eigenvalue weighted by molar-refractivity contribution is 9.10. The fourth-order valence-electron chi connectivity index (χ4n) is 2.04. The summed E-state index contributed by atoms with van der Waals surface area (Å²) >= 11 is 2.22. The normalized spacial score (nSPS) is 33.0. The van der Waals surface area contributed by atoms with Crippen molar-refractivity contribution in [2.24, 2.45) is 11.8 Å². The van der Waals surface area contributed by atoms with Crippen LogP contribution in [0.5, 0.6) is 0 Å². The summed E-state index contributed by atoms with van der Waals surface area (Å²) in [6, 6.07) is 0. The van der Waals surface area contributed by atoms with Gasteiger partial charge in [-0.15, -0.1) is 0 Å². The zero-order valence-electron chi connectivity index (χ0n) is 7.64. The van der Waals surface area contributed by atoms with Gasteiger partial charge in [0, 0.05) is 0 Å². The maximum atomic E-state index is 12.7. The molecule has 0 radical (unpaired) electrons. The molecule has 0 saturated heterocycles. The third-order valence-corrected chi connectivity index (χ3v) is 3.23.